The van der Waals surface area contributed by atoms with Gasteiger partial charge >= 0.3 is 5.97 Å². The summed E-state index contributed by atoms with van der Waals surface area (Å²) >= 11 is 0. The molecule has 7 nitrogen and oxygen atoms in total. The van der Waals surface area contributed by atoms with Crippen molar-refractivity contribution in [3.05, 3.63) is 29.6 Å². The monoisotopic (exact) mass is 289 g/mol. The SMILES string of the molecule is CC(C)(C)c1c(C(=O)O)nnn1-c1ccc2c(c1)OCO2. The Hall–Kier alpha value is -2.57. The van der Waals surface area contributed by atoms with Gasteiger partial charge in [-0.3, -0.25) is 0 Å². The fraction of sp³-hybridized carbons (Fsp3) is 0.357. The van der Waals surface area contributed by atoms with Crippen LogP contribution in [0.2, 0.25) is 0 Å². The zero-order valence-corrected chi connectivity index (χ0v) is 12.0. The molecule has 3 rings (SSSR count). The Morgan fingerprint density at radius 3 is 2.67 bits per heavy atom. The highest BCUT2D eigenvalue weighted by Crippen LogP contribution is 2.35. The predicted molar refractivity (Wildman–Crippen MR) is 73.1 cm³/mol. The van der Waals surface area contributed by atoms with E-state index in [1.54, 1.807) is 18.2 Å². The minimum absolute atomic E-state index is 0.0415. The molecule has 0 spiro atoms. The zero-order chi connectivity index (χ0) is 15.2. The molecule has 0 atom stereocenters. The minimum Gasteiger partial charge on any atom is -0.476 e. The van der Waals surface area contributed by atoms with Crippen LogP contribution in [0.5, 0.6) is 11.5 Å². The van der Waals surface area contributed by atoms with Crippen LogP contribution in [-0.2, 0) is 5.41 Å². The molecule has 1 N–H and O–H groups in total. The molecular formula is C14H15N3O4. The summed E-state index contributed by atoms with van der Waals surface area (Å²) in [6, 6.07) is 5.33. The lowest BCUT2D eigenvalue weighted by atomic mass is 9.90. The van der Waals surface area contributed by atoms with Gasteiger partial charge in [0.05, 0.1) is 11.4 Å². The first-order chi connectivity index (χ1) is 9.88. The number of carboxylic acids is 1. The summed E-state index contributed by atoms with van der Waals surface area (Å²) in [6.45, 7) is 5.94. The van der Waals surface area contributed by atoms with Crippen molar-refractivity contribution in [2.75, 3.05) is 6.79 Å². The first-order valence-corrected chi connectivity index (χ1v) is 6.47. The smallest absolute Gasteiger partial charge is 0.358 e. The van der Waals surface area contributed by atoms with Crippen LogP contribution in [0.15, 0.2) is 18.2 Å². The summed E-state index contributed by atoms with van der Waals surface area (Å²) < 4.78 is 12.1. The van der Waals surface area contributed by atoms with Crippen molar-refractivity contribution in [1.29, 1.82) is 0 Å². The Balaban J connectivity index is 2.17. The molecular weight excluding hydrogens is 274 g/mol. The maximum atomic E-state index is 11.3. The van der Waals surface area contributed by atoms with Crippen molar-refractivity contribution in [2.24, 2.45) is 0 Å². The fourth-order valence-electron chi connectivity index (χ4n) is 2.30. The number of hydrogen-bond donors (Lipinski definition) is 1. The van der Waals surface area contributed by atoms with Gasteiger partial charge in [-0.1, -0.05) is 26.0 Å². The summed E-state index contributed by atoms with van der Waals surface area (Å²) in [5, 5.41) is 17.1. The summed E-state index contributed by atoms with van der Waals surface area (Å²) in [7, 11) is 0. The van der Waals surface area contributed by atoms with Gasteiger partial charge in [0, 0.05) is 11.5 Å². The third-order valence-corrected chi connectivity index (χ3v) is 3.18. The number of benzene rings is 1. The number of fused-ring (bicyclic) bond motifs is 1. The van der Waals surface area contributed by atoms with Crippen LogP contribution in [0.1, 0.15) is 37.0 Å². The third kappa shape index (κ3) is 2.20. The average molecular weight is 289 g/mol. The molecule has 0 saturated carbocycles. The second-order valence-electron chi connectivity index (χ2n) is 5.79. The van der Waals surface area contributed by atoms with Crippen molar-refractivity contribution < 1.29 is 19.4 Å². The van der Waals surface area contributed by atoms with Crippen LogP contribution in [0.4, 0.5) is 0 Å². The second kappa shape index (κ2) is 4.47. The zero-order valence-electron chi connectivity index (χ0n) is 12.0. The Bertz CT molecular complexity index is 715. The van der Waals surface area contributed by atoms with Gasteiger partial charge in [0.2, 0.25) is 6.79 Å². The van der Waals surface area contributed by atoms with Crippen LogP contribution in [0.3, 0.4) is 0 Å². The van der Waals surface area contributed by atoms with E-state index in [1.165, 1.54) is 4.68 Å². The molecule has 0 saturated heterocycles. The first-order valence-electron chi connectivity index (χ1n) is 6.47. The molecule has 1 aliphatic rings. The van der Waals surface area contributed by atoms with Gasteiger partial charge in [-0.15, -0.1) is 5.10 Å². The Morgan fingerprint density at radius 2 is 2.00 bits per heavy atom. The topological polar surface area (TPSA) is 86.5 Å². The standard InChI is InChI=1S/C14H15N3O4/c1-14(2,3)12-11(13(18)19)15-16-17(12)8-4-5-9-10(6-8)21-7-20-9/h4-6H,7H2,1-3H3,(H,18,19). The maximum Gasteiger partial charge on any atom is 0.358 e. The van der Waals surface area contributed by atoms with E-state index in [9.17, 15) is 9.90 Å². The van der Waals surface area contributed by atoms with E-state index in [0.29, 0.717) is 22.9 Å². The quantitative estimate of drug-likeness (QED) is 0.909. The number of hydrogen-bond acceptors (Lipinski definition) is 5. The van der Waals surface area contributed by atoms with E-state index in [4.69, 9.17) is 9.47 Å². The highest BCUT2D eigenvalue weighted by atomic mass is 16.7. The molecule has 0 fully saturated rings. The summed E-state index contributed by atoms with van der Waals surface area (Å²) in [4.78, 5) is 11.3. The van der Waals surface area contributed by atoms with Crippen LogP contribution < -0.4 is 9.47 Å². The number of aromatic carboxylic acids is 1. The van der Waals surface area contributed by atoms with Gasteiger partial charge in [0.25, 0.3) is 0 Å². The van der Waals surface area contributed by atoms with Gasteiger partial charge in [-0.05, 0) is 12.1 Å². The highest BCUT2D eigenvalue weighted by Gasteiger charge is 2.30. The molecule has 2 aromatic rings. The van der Waals surface area contributed by atoms with E-state index in [0.717, 1.165) is 0 Å². The maximum absolute atomic E-state index is 11.3. The fourth-order valence-corrected chi connectivity index (χ4v) is 2.30. The van der Waals surface area contributed by atoms with Gasteiger partial charge in [-0.25, -0.2) is 9.48 Å². The van der Waals surface area contributed by atoms with E-state index < -0.39 is 11.4 Å². The van der Waals surface area contributed by atoms with Gasteiger partial charge in [0.15, 0.2) is 17.2 Å². The molecule has 2 heterocycles. The van der Waals surface area contributed by atoms with Crippen molar-refractivity contribution in [3.8, 4) is 17.2 Å². The molecule has 110 valence electrons. The van der Waals surface area contributed by atoms with Gasteiger partial charge in [0.1, 0.15) is 0 Å². The van der Waals surface area contributed by atoms with Crippen LogP contribution in [-0.4, -0.2) is 32.9 Å². The summed E-state index contributed by atoms with van der Waals surface area (Å²) in [6.07, 6.45) is 0. The lowest BCUT2D eigenvalue weighted by molar-refractivity contribution is 0.0687. The normalized spacial score (nSPS) is 13.5. The number of aromatic nitrogens is 3. The molecule has 21 heavy (non-hydrogen) atoms. The van der Waals surface area contributed by atoms with Gasteiger partial charge < -0.3 is 14.6 Å². The van der Waals surface area contributed by atoms with E-state index in [-0.39, 0.29) is 12.5 Å². The molecule has 0 radical (unpaired) electrons. The molecule has 0 unspecified atom stereocenters. The number of carbonyl (C=O) groups is 1. The van der Waals surface area contributed by atoms with Crippen LogP contribution >= 0.6 is 0 Å². The largest absolute Gasteiger partial charge is 0.476 e. The Morgan fingerprint density at radius 1 is 1.29 bits per heavy atom. The lowest BCUT2D eigenvalue weighted by Crippen LogP contribution is -2.21. The van der Waals surface area contributed by atoms with E-state index in [2.05, 4.69) is 10.3 Å². The molecule has 1 aliphatic heterocycles. The molecule has 1 aromatic heterocycles. The van der Waals surface area contributed by atoms with Crippen molar-refractivity contribution in [3.63, 3.8) is 0 Å². The summed E-state index contributed by atoms with van der Waals surface area (Å²) in [5.74, 6) is 0.182. The van der Waals surface area contributed by atoms with E-state index in [1.807, 2.05) is 20.8 Å². The molecule has 0 aliphatic carbocycles. The minimum atomic E-state index is -1.09. The number of nitrogens with zero attached hydrogens (tertiary/aromatic N) is 3. The van der Waals surface area contributed by atoms with Crippen molar-refractivity contribution in [1.82, 2.24) is 15.0 Å². The van der Waals surface area contributed by atoms with Crippen molar-refractivity contribution in [2.45, 2.75) is 26.2 Å². The first kappa shape index (κ1) is 13.4. The molecule has 1 aromatic carbocycles. The van der Waals surface area contributed by atoms with E-state index >= 15 is 0 Å². The molecule has 7 heteroatoms. The van der Waals surface area contributed by atoms with Crippen molar-refractivity contribution >= 4 is 5.97 Å². The van der Waals surface area contributed by atoms with Gasteiger partial charge in [-0.2, -0.15) is 0 Å². The number of ether oxygens (including phenoxy) is 2. The van der Waals surface area contributed by atoms with Crippen LogP contribution in [0.25, 0.3) is 5.69 Å². The molecule has 0 amide bonds. The highest BCUT2D eigenvalue weighted by molar-refractivity contribution is 5.87. The second-order valence-corrected chi connectivity index (χ2v) is 5.79. The Labute approximate surface area is 121 Å². The number of rotatable bonds is 2. The lowest BCUT2D eigenvalue weighted by Gasteiger charge is -2.20. The predicted octanol–water partition coefficient (Wildman–Crippen LogP) is 1.99. The average Bonchev–Trinajstić information content (AvgIpc) is 3.03. The number of carboxylic acid groups (broad SMARTS) is 1. The third-order valence-electron chi connectivity index (χ3n) is 3.18. The summed E-state index contributed by atoms with van der Waals surface area (Å²) in [5.41, 5.74) is 0.756. The molecule has 0 bridgehead atoms. The Kier molecular flexibility index (Phi) is 2.86. The van der Waals surface area contributed by atoms with Crippen LogP contribution in [0, 0.1) is 0 Å².